The van der Waals surface area contributed by atoms with E-state index in [2.05, 4.69) is 9.97 Å². The van der Waals surface area contributed by atoms with Gasteiger partial charge in [-0.3, -0.25) is 4.79 Å². The van der Waals surface area contributed by atoms with Crippen LogP contribution in [0.25, 0.3) is 10.9 Å². The molecule has 0 bridgehead atoms. The minimum absolute atomic E-state index is 0.0935. The van der Waals surface area contributed by atoms with Crippen molar-refractivity contribution in [3.63, 3.8) is 0 Å². The van der Waals surface area contributed by atoms with E-state index in [1.165, 1.54) is 18.2 Å². The van der Waals surface area contributed by atoms with E-state index in [1.807, 2.05) is 6.07 Å². The highest BCUT2D eigenvalue weighted by molar-refractivity contribution is 6.42. The standard InChI is InChI=1S/C17H12Cl2N2O3/c18-12-5-1-9(7-13(12)19)2-6-15-20-14-8-10(17(23)24)3-4-11(14)16(22)21-15/h1,3-5,7-8H,2,6H2,(H,23,24)(H,20,21,22). The summed E-state index contributed by atoms with van der Waals surface area (Å²) in [5.41, 5.74) is 1.13. The Kier molecular flexibility index (Phi) is 4.55. The Labute approximate surface area is 146 Å². The third-order valence-electron chi connectivity index (χ3n) is 3.64. The number of carboxylic acid groups (broad SMARTS) is 1. The molecule has 2 aromatic carbocycles. The number of H-pyrrole nitrogens is 1. The Morgan fingerprint density at radius 1 is 1.08 bits per heavy atom. The number of halogens is 2. The molecule has 0 amide bonds. The molecule has 1 aromatic heterocycles. The molecule has 0 aliphatic rings. The molecule has 24 heavy (non-hydrogen) atoms. The van der Waals surface area contributed by atoms with Crippen LogP contribution in [0.5, 0.6) is 0 Å². The Morgan fingerprint density at radius 3 is 2.58 bits per heavy atom. The fraction of sp³-hybridized carbons (Fsp3) is 0.118. The van der Waals surface area contributed by atoms with Crippen LogP contribution in [0.15, 0.2) is 41.2 Å². The maximum atomic E-state index is 12.1. The molecule has 0 aliphatic carbocycles. The van der Waals surface area contributed by atoms with E-state index in [1.54, 1.807) is 12.1 Å². The first-order valence-corrected chi connectivity index (χ1v) is 7.90. The largest absolute Gasteiger partial charge is 0.478 e. The van der Waals surface area contributed by atoms with Crippen molar-refractivity contribution in [2.45, 2.75) is 12.8 Å². The molecule has 0 unspecified atom stereocenters. The second kappa shape index (κ2) is 6.63. The van der Waals surface area contributed by atoms with Crippen LogP contribution in [-0.2, 0) is 12.8 Å². The van der Waals surface area contributed by atoms with E-state index in [0.717, 1.165) is 5.56 Å². The monoisotopic (exact) mass is 362 g/mol. The third-order valence-corrected chi connectivity index (χ3v) is 4.38. The van der Waals surface area contributed by atoms with Crippen LogP contribution in [0, 0.1) is 0 Å². The van der Waals surface area contributed by atoms with Gasteiger partial charge in [-0.25, -0.2) is 9.78 Å². The number of hydrogen-bond donors (Lipinski definition) is 2. The van der Waals surface area contributed by atoms with Crippen molar-refractivity contribution in [2.24, 2.45) is 0 Å². The highest BCUT2D eigenvalue weighted by Crippen LogP contribution is 2.23. The van der Waals surface area contributed by atoms with Crippen molar-refractivity contribution in [1.82, 2.24) is 9.97 Å². The molecule has 0 atom stereocenters. The topological polar surface area (TPSA) is 83.0 Å². The number of carbonyl (C=O) groups is 1. The highest BCUT2D eigenvalue weighted by Gasteiger charge is 2.09. The van der Waals surface area contributed by atoms with Crippen molar-refractivity contribution in [2.75, 3.05) is 0 Å². The Hall–Kier alpha value is -2.37. The van der Waals surface area contributed by atoms with Gasteiger partial charge >= 0.3 is 5.97 Å². The lowest BCUT2D eigenvalue weighted by Gasteiger charge is -2.05. The molecule has 0 spiro atoms. The van der Waals surface area contributed by atoms with Crippen molar-refractivity contribution >= 4 is 40.1 Å². The van der Waals surface area contributed by atoms with E-state index in [4.69, 9.17) is 28.3 Å². The lowest BCUT2D eigenvalue weighted by Crippen LogP contribution is -2.13. The first-order chi connectivity index (χ1) is 11.4. The summed E-state index contributed by atoms with van der Waals surface area (Å²) >= 11 is 11.9. The molecule has 0 saturated heterocycles. The zero-order valence-corrected chi connectivity index (χ0v) is 13.9. The first kappa shape index (κ1) is 16.5. The Balaban J connectivity index is 1.90. The smallest absolute Gasteiger partial charge is 0.335 e. The van der Waals surface area contributed by atoms with Gasteiger partial charge in [-0.2, -0.15) is 0 Å². The predicted molar refractivity (Wildman–Crippen MR) is 93.2 cm³/mol. The number of rotatable bonds is 4. The normalized spacial score (nSPS) is 10.9. The molecule has 5 nitrogen and oxygen atoms in total. The second-order valence-corrected chi connectivity index (χ2v) is 6.11. The number of aromatic nitrogens is 2. The number of fused-ring (bicyclic) bond motifs is 1. The van der Waals surface area contributed by atoms with E-state index in [0.29, 0.717) is 39.6 Å². The summed E-state index contributed by atoms with van der Waals surface area (Å²) in [6, 6.07) is 9.59. The van der Waals surface area contributed by atoms with Gasteiger partial charge in [0.1, 0.15) is 5.82 Å². The van der Waals surface area contributed by atoms with Gasteiger partial charge in [0.25, 0.3) is 5.56 Å². The van der Waals surface area contributed by atoms with Crippen molar-refractivity contribution in [3.8, 4) is 0 Å². The molecule has 7 heteroatoms. The van der Waals surface area contributed by atoms with Crippen LogP contribution in [0.1, 0.15) is 21.7 Å². The quantitative estimate of drug-likeness (QED) is 0.740. The summed E-state index contributed by atoms with van der Waals surface area (Å²) in [5, 5.41) is 10.4. The second-order valence-electron chi connectivity index (χ2n) is 5.30. The van der Waals surface area contributed by atoms with Gasteiger partial charge in [0.2, 0.25) is 0 Å². The SMILES string of the molecule is O=C(O)c1ccc2c(=O)[nH]c(CCc3ccc(Cl)c(Cl)c3)nc2c1. The first-order valence-electron chi connectivity index (χ1n) is 7.14. The van der Waals surface area contributed by atoms with Gasteiger partial charge in [0.05, 0.1) is 26.5 Å². The molecule has 1 heterocycles. The van der Waals surface area contributed by atoms with Crippen LogP contribution in [0.4, 0.5) is 0 Å². The molecule has 3 rings (SSSR count). The number of aromatic carboxylic acids is 1. The van der Waals surface area contributed by atoms with Crippen molar-refractivity contribution in [1.29, 1.82) is 0 Å². The zero-order valence-electron chi connectivity index (χ0n) is 12.3. The molecule has 2 N–H and O–H groups in total. The lowest BCUT2D eigenvalue weighted by atomic mass is 10.1. The lowest BCUT2D eigenvalue weighted by molar-refractivity contribution is 0.0697. The average molecular weight is 363 g/mol. The van der Waals surface area contributed by atoms with Crippen LogP contribution in [-0.4, -0.2) is 21.0 Å². The fourth-order valence-electron chi connectivity index (χ4n) is 2.40. The van der Waals surface area contributed by atoms with E-state index >= 15 is 0 Å². The maximum absolute atomic E-state index is 12.1. The third kappa shape index (κ3) is 3.42. The number of aromatic amines is 1. The number of hydrogen-bond acceptors (Lipinski definition) is 3. The number of aryl methyl sites for hydroxylation is 2. The van der Waals surface area contributed by atoms with Gasteiger partial charge in [-0.1, -0.05) is 29.3 Å². The summed E-state index contributed by atoms with van der Waals surface area (Å²) in [5.74, 6) is -0.572. The van der Waals surface area contributed by atoms with Crippen molar-refractivity contribution in [3.05, 3.63) is 73.7 Å². The summed E-state index contributed by atoms with van der Waals surface area (Å²) < 4.78 is 0. The predicted octanol–water partition coefficient (Wildman–Crippen LogP) is 3.71. The summed E-state index contributed by atoms with van der Waals surface area (Å²) in [7, 11) is 0. The summed E-state index contributed by atoms with van der Waals surface area (Å²) in [4.78, 5) is 30.2. The Bertz CT molecular complexity index is 999. The van der Waals surface area contributed by atoms with Gasteiger partial charge < -0.3 is 10.1 Å². The minimum atomic E-state index is -1.06. The van der Waals surface area contributed by atoms with Crippen LogP contribution >= 0.6 is 23.2 Å². The fourth-order valence-corrected chi connectivity index (χ4v) is 2.72. The van der Waals surface area contributed by atoms with Gasteiger partial charge in [0, 0.05) is 6.42 Å². The number of carboxylic acids is 1. The van der Waals surface area contributed by atoms with Crippen LogP contribution < -0.4 is 5.56 Å². The number of nitrogens with one attached hydrogen (secondary N) is 1. The van der Waals surface area contributed by atoms with Crippen LogP contribution in [0.3, 0.4) is 0 Å². The Morgan fingerprint density at radius 2 is 1.88 bits per heavy atom. The molecule has 0 aliphatic heterocycles. The highest BCUT2D eigenvalue weighted by atomic mass is 35.5. The van der Waals surface area contributed by atoms with Gasteiger partial charge in [0.15, 0.2) is 0 Å². The maximum Gasteiger partial charge on any atom is 0.335 e. The van der Waals surface area contributed by atoms with Gasteiger partial charge in [-0.15, -0.1) is 0 Å². The van der Waals surface area contributed by atoms with E-state index in [-0.39, 0.29) is 11.1 Å². The summed E-state index contributed by atoms with van der Waals surface area (Å²) in [6.45, 7) is 0. The molecule has 0 fully saturated rings. The van der Waals surface area contributed by atoms with E-state index < -0.39 is 5.97 Å². The minimum Gasteiger partial charge on any atom is -0.478 e. The zero-order chi connectivity index (χ0) is 17.3. The molecule has 122 valence electrons. The molecule has 0 saturated carbocycles. The van der Waals surface area contributed by atoms with E-state index in [9.17, 15) is 9.59 Å². The summed E-state index contributed by atoms with van der Waals surface area (Å²) in [6.07, 6.45) is 1.10. The van der Waals surface area contributed by atoms with Gasteiger partial charge in [-0.05, 0) is 42.3 Å². The molecular weight excluding hydrogens is 351 g/mol. The number of nitrogens with zero attached hydrogens (tertiary/aromatic N) is 1. The molecule has 3 aromatic rings. The van der Waals surface area contributed by atoms with Crippen molar-refractivity contribution < 1.29 is 9.90 Å². The van der Waals surface area contributed by atoms with Crippen LogP contribution in [0.2, 0.25) is 10.0 Å². The molecule has 0 radical (unpaired) electrons. The number of benzene rings is 2. The molecular formula is C17H12Cl2N2O3. The average Bonchev–Trinajstić information content (AvgIpc) is 2.55.